The zero-order valence-corrected chi connectivity index (χ0v) is 15.0. The number of amides is 1. The molecule has 3 aromatic rings. The molecule has 0 aliphatic carbocycles. The van der Waals surface area contributed by atoms with E-state index in [0.717, 1.165) is 6.34 Å². The van der Waals surface area contributed by atoms with Gasteiger partial charge in [-0.25, -0.2) is 15.0 Å². The summed E-state index contributed by atoms with van der Waals surface area (Å²) in [7, 11) is 0. The number of anilines is 1. The van der Waals surface area contributed by atoms with Gasteiger partial charge in [0.05, 0.1) is 12.8 Å². The van der Waals surface area contributed by atoms with Gasteiger partial charge in [0.1, 0.15) is 27.9 Å². The van der Waals surface area contributed by atoms with Crippen molar-refractivity contribution in [3.8, 4) is 16.5 Å². The van der Waals surface area contributed by atoms with Gasteiger partial charge in [-0.3, -0.25) is 10.2 Å². The number of nitrogens with one attached hydrogen (secondary N) is 2. The van der Waals surface area contributed by atoms with Crippen molar-refractivity contribution in [1.29, 1.82) is 5.41 Å². The number of amidine groups is 1. The normalized spacial score (nSPS) is 11.2. The molecule has 0 saturated heterocycles. The highest BCUT2D eigenvalue weighted by atomic mass is 32.1. The van der Waals surface area contributed by atoms with Crippen LogP contribution in [-0.2, 0) is 0 Å². The third-order valence-electron chi connectivity index (χ3n) is 3.22. The molecule has 0 aliphatic heterocycles. The Kier molecular flexibility index (Phi) is 5.52. The molecule has 0 aliphatic rings. The number of ether oxygens (including phenoxy) is 1. The number of carbonyl (C=O) groups excluding carboxylic acids is 1. The van der Waals surface area contributed by atoms with Crippen molar-refractivity contribution in [3.63, 3.8) is 0 Å². The Balaban J connectivity index is 1.90. The van der Waals surface area contributed by atoms with E-state index in [-0.39, 0.29) is 11.6 Å². The Morgan fingerprint density at radius 2 is 2.33 bits per heavy atom. The summed E-state index contributed by atoms with van der Waals surface area (Å²) in [5, 5.41) is 13.8. The fraction of sp³-hybridized carbons (Fsp3) is 0.125. The van der Waals surface area contributed by atoms with Crippen molar-refractivity contribution in [2.24, 2.45) is 10.7 Å². The molecule has 0 fully saturated rings. The third kappa shape index (κ3) is 4.15. The van der Waals surface area contributed by atoms with Crippen molar-refractivity contribution in [1.82, 2.24) is 15.1 Å². The van der Waals surface area contributed by atoms with Crippen LogP contribution in [0.1, 0.15) is 22.4 Å². The van der Waals surface area contributed by atoms with Crippen LogP contribution in [-0.4, -0.2) is 39.8 Å². The van der Waals surface area contributed by atoms with Gasteiger partial charge in [-0.1, -0.05) is 5.16 Å². The van der Waals surface area contributed by atoms with Gasteiger partial charge in [-0.05, 0) is 19.1 Å². The molecule has 0 saturated carbocycles. The minimum Gasteiger partial charge on any atom is -0.477 e. The largest absolute Gasteiger partial charge is 0.477 e. The van der Waals surface area contributed by atoms with Gasteiger partial charge in [0, 0.05) is 17.8 Å². The summed E-state index contributed by atoms with van der Waals surface area (Å²) in [6.45, 7) is 2.24. The monoisotopic (exact) mass is 385 g/mol. The molecule has 3 heterocycles. The molecular weight excluding hydrogens is 370 g/mol. The lowest BCUT2D eigenvalue weighted by Crippen LogP contribution is -2.13. The Bertz CT molecular complexity index is 982. The van der Waals surface area contributed by atoms with E-state index in [1.807, 2.05) is 6.92 Å². The maximum atomic E-state index is 12.1. The smallest absolute Gasteiger partial charge is 0.295 e. The average Bonchev–Trinajstić information content (AvgIpc) is 3.33. The molecule has 138 valence electrons. The van der Waals surface area contributed by atoms with Gasteiger partial charge in [-0.15, -0.1) is 11.3 Å². The maximum Gasteiger partial charge on any atom is 0.295 e. The van der Waals surface area contributed by atoms with Crippen LogP contribution in [0.2, 0.25) is 0 Å². The van der Waals surface area contributed by atoms with Crippen molar-refractivity contribution in [3.05, 3.63) is 41.2 Å². The lowest BCUT2D eigenvalue weighted by molar-refractivity contribution is 0.0987. The highest BCUT2D eigenvalue weighted by molar-refractivity contribution is 7.17. The summed E-state index contributed by atoms with van der Waals surface area (Å²) in [6.07, 6.45) is 3.78. The van der Waals surface area contributed by atoms with Gasteiger partial charge in [0.25, 0.3) is 5.91 Å². The Labute approximate surface area is 157 Å². The van der Waals surface area contributed by atoms with Crippen molar-refractivity contribution in [2.45, 2.75) is 6.92 Å². The number of aliphatic imine (C=N–C) groups is 1. The van der Waals surface area contributed by atoms with Crippen LogP contribution in [0.25, 0.3) is 10.6 Å². The second-order valence-electron chi connectivity index (χ2n) is 4.99. The molecule has 10 nitrogen and oxygen atoms in total. The van der Waals surface area contributed by atoms with E-state index in [9.17, 15) is 4.79 Å². The van der Waals surface area contributed by atoms with Crippen molar-refractivity contribution in [2.75, 3.05) is 11.9 Å². The second kappa shape index (κ2) is 8.19. The number of hydrogen-bond acceptors (Lipinski definition) is 8. The molecular formula is C16H15N7O3S. The summed E-state index contributed by atoms with van der Waals surface area (Å²) >= 11 is 1.26. The molecule has 0 spiro atoms. The quantitative estimate of drug-likeness (QED) is 0.416. The molecule has 0 aromatic carbocycles. The topological polar surface area (TPSA) is 152 Å². The number of thiazole rings is 1. The van der Waals surface area contributed by atoms with E-state index in [2.05, 4.69) is 25.4 Å². The lowest BCUT2D eigenvalue weighted by Gasteiger charge is -2.03. The van der Waals surface area contributed by atoms with E-state index in [1.165, 1.54) is 23.6 Å². The van der Waals surface area contributed by atoms with E-state index in [4.69, 9.17) is 20.4 Å². The first-order valence-electron chi connectivity index (χ1n) is 7.77. The average molecular weight is 385 g/mol. The summed E-state index contributed by atoms with van der Waals surface area (Å²) in [6, 6.07) is 4.86. The Hall–Kier alpha value is -3.60. The summed E-state index contributed by atoms with van der Waals surface area (Å²) < 4.78 is 10.3. The first-order chi connectivity index (χ1) is 13.1. The van der Waals surface area contributed by atoms with Gasteiger partial charge in [0.15, 0.2) is 0 Å². The van der Waals surface area contributed by atoms with E-state index >= 15 is 0 Å². The maximum absolute atomic E-state index is 12.1. The number of nitrogens with zero attached hydrogens (tertiary/aromatic N) is 4. The predicted octanol–water partition coefficient (Wildman–Crippen LogP) is 2.16. The third-order valence-corrected chi connectivity index (χ3v) is 4.33. The van der Waals surface area contributed by atoms with Crippen LogP contribution in [0.15, 0.2) is 40.1 Å². The van der Waals surface area contributed by atoms with Crippen LogP contribution >= 0.6 is 11.3 Å². The van der Waals surface area contributed by atoms with Crippen LogP contribution in [0.3, 0.4) is 0 Å². The lowest BCUT2D eigenvalue weighted by atomic mass is 10.2. The van der Waals surface area contributed by atoms with Crippen LogP contribution in [0, 0.1) is 5.41 Å². The van der Waals surface area contributed by atoms with Gasteiger partial charge in [0.2, 0.25) is 11.6 Å². The number of nitrogens with two attached hydrogens (primary N) is 1. The molecule has 0 radical (unpaired) electrons. The molecule has 0 unspecified atom stereocenters. The van der Waals surface area contributed by atoms with Crippen molar-refractivity contribution >= 4 is 35.2 Å². The fourth-order valence-electron chi connectivity index (χ4n) is 2.10. The minimum absolute atomic E-state index is 0.0769. The van der Waals surface area contributed by atoms with E-state index < -0.39 is 5.91 Å². The summed E-state index contributed by atoms with van der Waals surface area (Å²) in [4.78, 5) is 24.9. The highest BCUT2D eigenvalue weighted by Crippen LogP contribution is 2.33. The molecule has 3 rings (SSSR count). The molecule has 27 heavy (non-hydrogen) atoms. The first-order valence-corrected chi connectivity index (χ1v) is 8.58. The number of pyridine rings is 1. The van der Waals surface area contributed by atoms with Crippen molar-refractivity contribution < 1.29 is 14.1 Å². The zero-order valence-electron chi connectivity index (χ0n) is 14.2. The molecule has 4 N–H and O–H groups in total. The van der Waals surface area contributed by atoms with Crippen LogP contribution in [0.4, 0.5) is 5.82 Å². The minimum atomic E-state index is -0.464. The standard InChI is InChI=1S/C16H15N7O3S/c1-2-25-15-12(13(18)20-8-17)27-16(23-15)9-3-5-19-11(7-9)22-14(24)10-4-6-21-26-10/h3-8H,2H2,1H3,(H3,17,18,20)(H,19,22,24). The highest BCUT2D eigenvalue weighted by Gasteiger charge is 2.18. The van der Waals surface area contributed by atoms with E-state index in [1.54, 1.807) is 18.3 Å². The zero-order chi connectivity index (χ0) is 19.2. The van der Waals surface area contributed by atoms with Crippen LogP contribution in [0.5, 0.6) is 5.88 Å². The molecule has 1 amide bonds. The predicted molar refractivity (Wildman–Crippen MR) is 100 cm³/mol. The van der Waals surface area contributed by atoms with Gasteiger partial charge < -0.3 is 20.3 Å². The first kappa shape index (κ1) is 18.2. The van der Waals surface area contributed by atoms with Gasteiger partial charge in [-0.2, -0.15) is 0 Å². The summed E-state index contributed by atoms with van der Waals surface area (Å²) in [5.74, 6) is 0.418. The number of rotatable bonds is 7. The Morgan fingerprint density at radius 3 is 3.04 bits per heavy atom. The van der Waals surface area contributed by atoms with Crippen LogP contribution < -0.4 is 15.8 Å². The number of aromatic nitrogens is 3. The summed E-state index contributed by atoms with van der Waals surface area (Å²) in [5.41, 5.74) is 6.59. The number of carbonyl (C=O) groups is 1. The second-order valence-corrected chi connectivity index (χ2v) is 5.99. The molecule has 11 heteroatoms. The molecule has 0 bridgehead atoms. The number of hydrogen-bond donors (Lipinski definition) is 3. The Morgan fingerprint density at radius 1 is 1.48 bits per heavy atom. The fourth-order valence-corrected chi connectivity index (χ4v) is 3.01. The SMILES string of the molecule is CCOc1nc(-c2ccnc(NC(=O)c3ccno3)c2)sc1C(N)=NC=N. The van der Waals surface area contributed by atoms with Gasteiger partial charge >= 0.3 is 0 Å². The van der Waals surface area contributed by atoms with E-state index in [0.29, 0.717) is 33.8 Å². The molecule has 3 aromatic heterocycles. The molecule has 0 atom stereocenters.